The molecule has 0 aliphatic heterocycles. The second-order valence-corrected chi connectivity index (χ2v) is 5.69. The molecule has 1 fully saturated rings. The van der Waals surface area contributed by atoms with Crippen LogP contribution in [0.4, 0.5) is 5.95 Å². The number of nitrogens with two attached hydrogens (primary N) is 1. The van der Waals surface area contributed by atoms with Gasteiger partial charge in [-0.3, -0.25) is 0 Å². The molecule has 1 aliphatic rings. The van der Waals surface area contributed by atoms with Crippen LogP contribution in [0.2, 0.25) is 0 Å². The second kappa shape index (κ2) is 5.73. The van der Waals surface area contributed by atoms with Crippen molar-refractivity contribution in [3.8, 4) is 5.75 Å². The summed E-state index contributed by atoms with van der Waals surface area (Å²) in [5.41, 5.74) is 8.24. The highest BCUT2D eigenvalue weighted by Crippen LogP contribution is 2.33. The summed E-state index contributed by atoms with van der Waals surface area (Å²) in [6.45, 7) is 0. The van der Waals surface area contributed by atoms with E-state index < -0.39 is 0 Å². The van der Waals surface area contributed by atoms with Gasteiger partial charge in [-0.2, -0.15) is 0 Å². The van der Waals surface area contributed by atoms with Crippen LogP contribution >= 0.6 is 0 Å². The van der Waals surface area contributed by atoms with Crippen molar-refractivity contribution in [1.82, 2.24) is 9.55 Å². The van der Waals surface area contributed by atoms with Crippen LogP contribution in [-0.2, 0) is 0 Å². The Morgan fingerprint density at radius 2 is 1.85 bits per heavy atom. The molecule has 1 saturated carbocycles. The normalized spacial score (nSPS) is 17.9. The third kappa shape index (κ3) is 2.47. The molecule has 0 saturated heterocycles. The van der Waals surface area contributed by atoms with Crippen LogP contribution in [-0.4, -0.2) is 16.7 Å². The summed E-state index contributed by atoms with van der Waals surface area (Å²) in [7, 11) is 1.68. The van der Waals surface area contributed by atoms with Gasteiger partial charge in [0.1, 0.15) is 5.75 Å². The van der Waals surface area contributed by atoms with Gasteiger partial charge in [0, 0.05) is 12.1 Å². The molecule has 1 aliphatic carbocycles. The lowest BCUT2D eigenvalue weighted by Crippen LogP contribution is -2.13. The average Bonchev–Trinajstić information content (AvgIpc) is 2.74. The summed E-state index contributed by atoms with van der Waals surface area (Å²) in [4.78, 5) is 4.51. The molecule has 0 amide bonds. The third-order valence-electron chi connectivity index (χ3n) is 4.36. The fourth-order valence-electron chi connectivity index (χ4n) is 3.30. The first-order valence-corrected chi connectivity index (χ1v) is 7.61. The molecule has 0 radical (unpaired) electrons. The van der Waals surface area contributed by atoms with E-state index in [4.69, 9.17) is 10.5 Å². The molecule has 0 unspecified atom stereocenters. The van der Waals surface area contributed by atoms with Crippen molar-refractivity contribution in [1.29, 1.82) is 0 Å². The summed E-state index contributed by atoms with van der Waals surface area (Å²) in [6, 6.07) is 6.53. The minimum atomic E-state index is 0.494. The zero-order valence-corrected chi connectivity index (χ0v) is 12.1. The van der Waals surface area contributed by atoms with E-state index in [9.17, 15) is 0 Å². The van der Waals surface area contributed by atoms with Gasteiger partial charge in [-0.05, 0) is 25.0 Å². The molecular weight excluding hydrogens is 250 g/mol. The highest BCUT2D eigenvalue weighted by atomic mass is 16.5. The standard InChI is InChI=1S/C16H23N3O/c1-20-13-9-10-15-14(11-13)18-16(17)19(15)12-7-5-3-2-4-6-8-12/h9-12H,2-8H2,1H3,(H2,17,18). The SMILES string of the molecule is COc1ccc2c(c1)nc(N)n2C1CCCCCCC1. The van der Waals surface area contributed by atoms with E-state index in [1.165, 1.54) is 44.9 Å². The number of methoxy groups -OCH3 is 1. The molecule has 2 N–H and O–H groups in total. The van der Waals surface area contributed by atoms with Gasteiger partial charge >= 0.3 is 0 Å². The van der Waals surface area contributed by atoms with Crippen LogP contribution < -0.4 is 10.5 Å². The number of ether oxygens (including phenoxy) is 1. The highest BCUT2D eigenvalue weighted by molar-refractivity contribution is 5.80. The molecular formula is C16H23N3O. The topological polar surface area (TPSA) is 53.1 Å². The van der Waals surface area contributed by atoms with Crippen LogP contribution in [0, 0.1) is 0 Å². The zero-order valence-electron chi connectivity index (χ0n) is 12.1. The first-order chi connectivity index (χ1) is 9.79. The van der Waals surface area contributed by atoms with Crippen molar-refractivity contribution in [2.24, 2.45) is 0 Å². The number of nitrogens with zero attached hydrogens (tertiary/aromatic N) is 2. The molecule has 4 heteroatoms. The molecule has 3 rings (SSSR count). The predicted molar refractivity (Wildman–Crippen MR) is 82.1 cm³/mol. The number of hydrogen-bond acceptors (Lipinski definition) is 3. The lowest BCUT2D eigenvalue weighted by atomic mass is 9.96. The Hall–Kier alpha value is -1.71. The molecule has 2 aromatic rings. The smallest absolute Gasteiger partial charge is 0.201 e. The summed E-state index contributed by atoms with van der Waals surface area (Å²) in [5.74, 6) is 1.47. The van der Waals surface area contributed by atoms with Crippen molar-refractivity contribution in [3.63, 3.8) is 0 Å². The fraction of sp³-hybridized carbons (Fsp3) is 0.562. The molecule has 1 aromatic heterocycles. The predicted octanol–water partition coefficient (Wildman–Crippen LogP) is 3.91. The minimum absolute atomic E-state index is 0.494. The van der Waals surface area contributed by atoms with Gasteiger partial charge in [0.05, 0.1) is 18.1 Å². The van der Waals surface area contributed by atoms with E-state index in [-0.39, 0.29) is 0 Å². The van der Waals surface area contributed by atoms with E-state index in [1.807, 2.05) is 12.1 Å². The molecule has 1 heterocycles. The number of anilines is 1. The monoisotopic (exact) mass is 273 g/mol. The van der Waals surface area contributed by atoms with Gasteiger partial charge in [-0.15, -0.1) is 0 Å². The summed E-state index contributed by atoms with van der Waals surface area (Å²) < 4.78 is 7.50. The minimum Gasteiger partial charge on any atom is -0.497 e. The van der Waals surface area contributed by atoms with Crippen LogP contribution in [0.1, 0.15) is 51.0 Å². The molecule has 4 nitrogen and oxygen atoms in total. The summed E-state index contributed by atoms with van der Waals surface area (Å²) in [6.07, 6.45) is 9.07. The van der Waals surface area contributed by atoms with Gasteiger partial charge in [0.2, 0.25) is 5.95 Å². The first-order valence-electron chi connectivity index (χ1n) is 7.61. The number of fused-ring (bicyclic) bond motifs is 1. The van der Waals surface area contributed by atoms with Crippen molar-refractivity contribution >= 4 is 17.0 Å². The maximum absolute atomic E-state index is 6.18. The molecule has 0 bridgehead atoms. The second-order valence-electron chi connectivity index (χ2n) is 5.69. The molecule has 0 spiro atoms. The number of benzene rings is 1. The number of aromatic nitrogens is 2. The van der Waals surface area contributed by atoms with Crippen molar-refractivity contribution < 1.29 is 4.74 Å². The van der Waals surface area contributed by atoms with Gasteiger partial charge in [-0.1, -0.05) is 32.1 Å². The maximum Gasteiger partial charge on any atom is 0.201 e. The van der Waals surface area contributed by atoms with Crippen LogP contribution in [0.5, 0.6) is 5.75 Å². The molecule has 108 valence electrons. The van der Waals surface area contributed by atoms with Gasteiger partial charge in [-0.25, -0.2) is 4.98 Å². The van der Waals surface area contributed by atoms with Gasteiger partial charge in [0.25, 0.3) is 0 Å². The first kappa shape index (κ1) is 13.3. The molecule has 1 aromatic carbocycles. The van der Waals surface area contributed by atoms with E-state index in [0.717, 1.165) is 16.8 Å². The van der Waals surface area contributed by atoms with E-state index in [1.54, 1.807) is 7.11 Å². The summed E-state index contributed by atoms with van der Waals surface area (Å²) >= 11 is 0. The number of nitrogen functional groups attached to an aromatic ring is 1. The number of rotatable bonds is 2. The third-order valence-corrected chi connectivity index (χ3v) is 4.36. The summed E-state index contributed by atoms with van der Waals surface area (Å²) in [5, 5.41) is 0. The Morgan fingerprint density at radius 1 is 1.15 bits per heavy atom. The fourth-order valence-corrected chi connectivity index (χ4v) is 3.30. The quantitative estimate of drug-likeness (QED) is 0.902. The largest absolute Gasteiger partial charge is 0.497 e. The van der Waals surface area contributed by atoms with Crippen LogP contribution in [0.3, 0.4) is 0 Å². The maximum atomic E-state index is 6.18. The molecule has 0 atom stereocenters. The van der Waals surface area contributed by atoms with Crippen molar-refractivity contribution in [2.75, 3.05) is 12.8 Å². The Morgan fingerprint density at radius 3 is 2.55 bits per heavy atom. The number of hydrogen-bond donors (Lipinski definition) is 1. The lowest BCUT2D eigenvalue weighted by Gasteiger charge is -2.22. The van der Waals surface area contributed by atoms with E-state index in [2.05, 4.69) is 15.6 Å². The van der Waals surface area contributed by atoms with Gasteiger partial charge in [0.15, 0.2) is 0 Å². The lowest BCUT2D eigenvalue weighted by molar-refractivity contribution is 0.381. The highest BCUT2D eigenvalue weighted by Gasteiger charge is 2.19. The number of imidazole rings is 1. The Bertz CT molecular complexity index is 583. The Labute approximate surface area is 119 Å². The van der Waals surface area contributed by atoms with E-state index >= 15 is 0 Å². The van der Waals surface area contributed by atoms with Crippen molar-refractivity contribution in [3.05, 3.63) is 18.2 Å². The average molecular weight is 273 g/mol. The zero-order chi connectivity index (χ0) is 13.9. The molecule has 20 heavy (non-hydrogen) atoms. The van der Waals surface area contributed by atoms with E-state index in [0.29, 0.717) is 12.0 Å². The van der Waals surface area contributed by atoms with Crippen LogP contribution in [0.15, 0.2) is 18.2 Å². The van der Waals surface area contributed by atoms with Crippen LogP contribution in [0.25, 0.3) is 11.0 Å². The Kier molecular flexibility index (Phi) is 3.81. The van der Waals surface area contributed by atoms with Gasteiger partial charge < -0.3 is 15.0 Å². The van der Waals surface area contributed by atoms with Crippen molar-refractivity contribution in [2.45, 2.75) is 51.0 Å². The Balaban J connectivity index is 1.98.